The number of rotatable bonds is 7. The van der Waals surface area contributed by atoms with E-state index in [0.29, 0.717) is 46.4 Å². The van der Waals surface area contributed by atoms with Gasteiger partial charge in [0.2, 0.25) is 11.0 Å². The monoisotopic (exact) mass is 488 g/mol. The molecule has 0 unspecified atom stereocenters. The summed E-state index contributed by atoms with van der Waals surface area (Å²) in [5, 5.41) is 7.15. The number of nitrogens with one attached hydrogen (secondary N) is 1. The summed E-state index contributed by atoms with van der Waals surface area (Å²) in [7, 11) is 4.65. The molecule has 1 N–H and O–H groups in total. The van der Waals surface area contributed by atoms with Crippen molar-refractivity contribution in [1.82, 2.24) is 24.1 Å². The third-order valence-corrected chi connectivity index (χ3v) is 4.57. The van der Waals surface area contributed by atoms with Gasteiger partial charge in [-0.1, -0.05) is 27.7 Å². The summed E-state index contributed by atoms with van der Waals surface area (Å²) in [6.07, 6.45) is 4.08. The quantitative estimate of drug-likeness (QED) is 0.354. The van der Waals surface area contributed by atoms with Crippen LogP contribution in [0.4, 0.5) is 11.6 Å². The van der Waals surface area contributed by atoms with Gasteiger partial charge in [0.1, 0.15) is 23.4 Å². The number of aromatic nitrogens is 5. The van der Waals surface area contributed by atoms with Gasteiger partial charge in [0.25, 0.3) is 0 Å². The number of anilines is 2. The van der Waals surface area contributed by atoms with Crippen LogP contribution in [0.15, 0.2) is 36.8 Å². The standard InChI is InChI=1S/C19H17ClN6O4.2C2H6/c1-28-14-6-12(7-15(29-2)17(14)30-3)25-8-16(21-10-25)22-18-13-5-4-11(9-27)26(13)24-19(20)23-18;2*1-2/h4-10H,1-3H3,(H,22,23,24);2*1-2H3. The predicted molar refractivity (Wildman–Crippen MR) is 133 cm³/mol. The maximum atomic E-state index is 11.2. The Bertz CT molecular complexity index is 1210. The van der Waals surface area contributed by atoms with E-state index < -0.39 is 0 Å². The molecule has 4 rings (SSSR count). The largest absolute Gasteiger partial charge is 0.493 e. The van der Waals surface area contributed by atoms with Gasteiger partial charge in [0, 0.05) is 12.1 Å². The highest BCUT2D eigenvalue weighted by molar-refractivity contribution is 6.28. The molecule has 0 saturated carbocycles. The summed E-state index contributed by atoms with van der Waals surface area (Å²) in [4.78, 5) is 19.7. The van der Waals surface area contributed by atoms with E-state index in [0.717, 1.165) is 5.69 Å². The van der Waals surface area contributed by atoms with Crippen molar-refractivity contribution < 1.29 is 19.0 Å². The summed E-state index contributed by atoms with van der Waals surface area (Å²) >= 11 is 6.01. The van der Waals surface area contributed by atoms with Crippen LogP contribution in [-0.4, -0.2) is 51.8 Å². The molecule has 0 amide bonds. The molecule has 11 heteroatoms. The average Bonchev–Trinajstić information content (AvgIpc) is 3.52. The van der Waals surface area contributed by atoms with Crippen LogP contribution in [0.3, 0.4) is 0 Å². The lowest BCUT2D eigenvalue weighted by Gasteiger charge is -2.14. The number of methoxy groups -OCH3 is 3. The first-order valence-corrected chi connectivity index (χ1v) is 11.1. The Labute approximate surface area is 203 Å². The van der Waals surface area contributed by atoms with Crippen molar-refractivity contribution >= 4 is 35.0 Å². The summed E-state index contributed by atoms with van der Waals surface area (Å²) in [5.74, 6) is 2.47. The minimum absolute atomic E-state index is 0.00615. The molecule has 0 spiro atoms. The van der Waals surface area contributed by atoms with E-state index in [9.17, 15) is 4.79 Å². The molecule has 34 heavy (non-hydrogen) atoms. The normalized spacial score (nSPS) is 9.88. The Morgan fingerprint density at radius 2 is 1.65 bits per heavy atom. The number of imidazole rings is 1. The second-order valence-electron chi connectivity index (χ2n) is 6.08. The van der Waals surface area contributed by atoms with Gasteiger partial charge in [0.15, 0.2) is 23.6 Å². The molecule has 0 bridgehead atoms. The molecule has 0 fully saturated rings. The van der Waals surface area contributed by atoms with E-state index in [4.69, 9.17) is 25.8 Å². The third-order valence-electron chi connectivity index (χ3n) is 4.41. The Balaban J connectivity index is 0.000000970. The number of carbonyl (C=O) groups is 1. The highest BCUT2D eigenvalue weighted by atomic mass is 35.5. The zero-order chi connectivity index (χ0) is 25.3. The van der Waals surface area contributed by atoms with Crippen LogP contribution >= 0.6 is 11.6 Å². The second-order valence-corrected chi connectivity index (χ2v) is 6.42. The first-order valence-electron chi connectivity index (χ1n) is 10.7. The first kappa shape index (κ1) is 26.5. The maximum Gasteiger partial charge on any atom is 0.243 e. The molecular formula is C23H29ClN6O4. The minimum Gasteiger partial charge on any atom is -0.493 e. The molecule has 0 atom stereocenters. The number of hydrogen-bond acceptors (Lipinski definition) is 8. The Kier molecular flexibility index (Phi) is 9.69. The molecule has 0 aliphatic carbocycles. The fourth-order valence-electron chi connectivity index (χ4n) is 3.04. The lowest BCUT2D eigenvalue weighted by Crippen LogP contribution is -2.03. The maximum absolute atomic E-state index is 11.2. The number of nitrogens with zero attached hydrogens (tertiary/aromatic N) is 5. The van der Waals surface area contributed by atoms with Gasteiger partial charge in [-0.3, -0.25) is 4.79 Å². The van der Waals surface area contributed by atoms with E-state index in [-0.39, 0.29) is 5.28 Å². The molecular weight excluding hydrogens is 460 g/mol. The van der Waals surface area contributed by atoms with Crippen molar-refractivity contribution in [2.24, 2.45) is 0 Å². The topological polar surface area (TPSA) is 105 Å². The van der Waals surface area contributed by atoms with Gasteiger partial charge in [-0.05, 0) is 23.7 Å². The van der Waals surface area contributed by atoms with Crippen molar-refractivity contribution in [1.29, 1.82) is 0 Å². The van der Waals surface area contributed by atoms with Gasteiger partial charge in [-0.2, -0.15) is 4.98 Å². The van der Waals surface area contributed by atoms with Crippen molar-refractivity contribution in [3.63, 3.8) is 0 Å². The van der Waals surface area contributed by atoms with Gasteiger partial charge in [0.05, 0.1) is 33.2 Å². The van der Waals surface area contributed by atoms with Crippen molar-refractivity contribution in [3.05, 3.63) is 47.8 Å². The summed E-state index contributed by atoms with van der Waals surface area (Å²) in [5.41, 5.74) is 1.70. The fraction of sp³-hybridized carbons (Fsp3) is 0.304. The van der Waals surface area contributed by atoms with Gasteiger partial charge in [-0.15, -0.1) is 5.10 Å². The number of ether oxygens (including phenoxy) is 3. The molecule has 1 aromatic carbocycles. The van der Waals surface area contributed by atoms with Crippen LogP contribution in [0, 0.1) is 0 Å². The summed E-state index contributed by atoms with van der Waals surface area (Å²) in [6.45, 7) is 8.00. The number of aldehydes is 1. The van der Waals surface area contributed by atoms with Crippen LogP contribution in [0.25, 0.3) is 11.2 Å². The molecule has 0 radical (unpaired) electrons. The van der Waals surface area contributed by atoms with Crippen LogP contribution in [-0.2, 0) is 0 Å². The molecule has 3 heterocycles. The highest BCUT2D eigenvalue weighted by Crippen LogP contribution is 2.39. The number of hydrogen-bond donors (Lipinski definition) is 1. The summed E-state index contributed by atoms with van der Waals surface area (Å²) < 4.78 is 19.4. The SMILES string of the molecule is CC.CC.COc1cc(-n2cnc(Nc3nc(Cl)nn4c(C=O)ccc34)c2)cc(OC)c1OC. The molecule has 0 saturated heterocycles. The zero-order valence-corrected chi connectivity index (χ0v) is 21.0. The van der Waals surface area contributed by atoms with Crippen molar-refractivity contribution in [3.8, 4) is 22.9 Å². The first-order chi connectivity index (χ1) is 16.6. The highest BCUT2D eigenvalue weighted by Gasteiger charge is 2.15. The molecule has 4 aromatic rings. The predicted octanol–water partition coefficient (Wildman–Crippen LogP) is 5.20. The van der Waals surface area contributed by atoms with E-state index >= 15 is 0 Å². The summed E-state index contributed by atoms with van der Waals surface area (Å²) in [6, 6.07) is 6.96. The van der Waals surface area contributed by atoms with E-state index in [2.05, 4.69) is 20.4 Å². The van der Waals surface area contributed by atoms with E-state index in [1.807, 2.05) is 27.7 Å². The van der Waals surface area contributed by atoms with Crippen LogP contribution in [0.1, 0.15) is 38.2 Å². The van der Waals surface area contributed by atoms with Crippen LogP contribution < -0.4 is 19.5 Å². The third kappa shape index (κ3) is 5.40. The van der Waals surface area contributed by atoms with E-state index in [1.54, 1.807) is 62.7 Å². The molecule has 0 aliphatic rings. The van der Waals surface area contributed by atoms with Gasteiger partial charge >= 0.3 is 0 Å². The Morgan fingerprint density at radius 1 is 1.00 bits per heavy atom. The van der Waals surface area contributed by atoms with Gasteiger partial charge < -0.3 is 24.1 Å². The van der Waals surface area contributed by atoms with Crippen LogP contribution in [0.2, 0.25) is 5.28 Å². The van der Waals surface area contributed by atoms with Crippen LogP contribution in [0.5, 0.6) is 17.2 Å². The number of halogens is 1. The number of carbonyl (C=O) groups excluding carboxylic acids is 1. The molecule has 182 valence electrons. The average molecular weight is 489 g/mol. The molecule has 0 aliphatic heterocycles. The van der Waals surface area contributed by atoms with Gasteiger partial charge in [-0.25, -0.2) is 9.50 Å². The fourth-order valence-corrected chi connectivity index (χ4v) is 3.20. The molecule has 3 aromatic heterocycles. The minimum atomic E-state index is -0.00615. The Hall–Kier alpha value is -3.79. The number of fused-ring (bicyclic) bond motifs is 1. The van der Waals surface area contributed by atoms with Crippen molar-refractivity contribution in [2.45, 2.75) is 27.7 Å². The zero-order valence-electron chi connectivity index (χ0n) is 20.3. The van der Waals surface area contributed by atoms with E-state index in [1.165, 1.54) is 4.52 Å². The lowest BCUT2D eigenvalue weighted by atomic mass is 10.2. The van der Waals surface area contributed by atoms with Crippen molar-refractivity contribution in [2.75, 3.05) is 26.6 Å². The smallest absolute Gasteiger partial charge is 0.243 e. The molecule has 10 nitrogen and oxygen atoms in total. The second kappa shape index (κ2) is 12.4. The number of benzene rings is 1. The lowest BCUT2D eigenvalue weighted by molar-refractivity contribution is 0.111. The Morgan fingerprint density at radius 3 is 2.21 bits per heavy atom.